The number of nitrogens with one attached hydrogen (secondary N) is 2. The monoisotopic (exact) mass is 238 g/mol. The van der Waals surface area contributed by atoms with Crippen LogP contribution in [0.15, 0.2) is 0 Å². The first-order chi connectivity index (χ1) is 7.88. The van der Waals surface area contributed by atoms with Crippen LogP contribution in [-0.2, 0) is 9.59 Å². The van der Waals surface area contributed by atoms with Gasteiger partial charge in [-0.3, -0.25) is 9.59 Å². The molecule has 96 valence electrons. The Hall–Kier alpha value is -1.06. The molecule has 2 N–H and O–H groups in total. The predicted molar refractivity (Wildman–Crippen MR) is 65.3 cm³/mol. The van der Waals surface area contributed by atoms with Crippen molar-refractivity contribution in [2.75, 3.05) is 7.05 Å². The van der Waals surface area contributed by atoms with Gasteiger partial charge in [0, 0.05) is 24.9 Å². The summed E-state index contributed by atoms with van der Waals surface area (Å²) in [7, 11) is 1.63. The average Bonchev–Trinajstić information content (AvgIpc) is 3.16. The molecule has 2 aliphatic rings. The molecular weight excluding hydrogens is 216 g/mol. The summed E-state index contributed by atoms with van der Waals surface area (Å²) in [4.78, 5) is 23.2. The number of carbonyl (C=O) groups is 2. The maximum absolute atomic E-state index is 12.0. The summed E-state index contributed by atoms with van der Waals surface area (Å²) in [6.45, 7) is 3.96. The number of hydrogen-bond acceptors (Lipinski definition) is 2. The van der Waals surface area contributed by atoms with Crippen molar-refractivity contribution in [2.45, 2.75) is 51.5 Å². The van der Waals surface area contributed by atoms with Crippen LogP contribution in [-0.4, -0.2) is 24.4 Å². The predicted octanol–water partition coefficient (Wildman–Crippen LogP) is 1.21. The van der Waals surface area contributed by atoms with Gasteiger partial charge in [0.1, 0.15) is 0 Å². The van der Waals surface area contributed by atoms with E-state index in [1.165, 1.54) is 12.8 Å². The van der Waals surface area contributed by atoms with Crippen LogP contribution in [0, 0.1) is 11.3 Å². The van der Waals surface area contributed by atoms with Crippen molar-refractivity contribution in [1.29, 1.82) is 0 Å². The molecule has 0 aromatic heterocycles. The lowest BCUT2D eigenvalue weighted by Gasteiger charge is -2.26. The topological polar surface area (TPSA) is 58.2 Å². The molecule has 4 nitrogen and oxygen atoms in total. The van der Waals surface area contributed by atoms with Gasteiger partial charge in [-0.15, -0.1) is 0 Å². The molecule has 0 aliphatic heterocycles. The van der Waals surface area contributed by atoms with Crippen molar-refractivity contribution in [2.24, 2.45) is 11.3 Å². The highest BCUT2D eigenvalue weighted by Crippen LogP contribution is 2.70. The van der Waals surface area contributed by atoms with Gasteiger partial charge in [0.2, 0.25) is 11.8 Å². The highest BCUT2D eigenvalue weighted by atomic mass is 16.2. The van der Waals surface area contributed by atoms with E-state index >= 15 is 0 Å². The van der Waals surface area contributed by atoms with Crippen LogP contribution >= 0.6 is 0 Å². The van der Waals surface area contributed by atoms with Gasteiger partial charge in [-0.25, -0.2) is 0 Å². The minimum absolute atomic E-state index is 0.0254. The van der Waals surface area contributed by atoms with E-state index in [1.54, 1.807) is 7.05 Å². The van der Waals surface area contributed by atoms with Gasteiger partial charge in [0.25, 0.3) is 0 Å². The van der Waals surface area contributed by atoms with E-state index in [4.69, 9.17) is 0 Å². The van der Waals surface area contributed by atoms with E-state index in [9.17, 15) is 9.59 Å². The molecular formula is C13H22N2O2. The van der Waals surface area contributed by atoms with Crippen LogP contribution < -0.4 is 10.6 Å². The number of amides is 2. The average molecular weight is 238 g/mol. The fraction of sp³-hybridized carbons (Fsp3) is 0.846. The molecule has 2 amide bonds. The first kappa shape index (κ1) is 12.4. The molecule has 0 saturated heterocycles. The highest BCUT2D eigenvalue weighted by Gasteiger charge is 2.65. The van der Waals surface area contributed by atoms with E-state index in [0.717, 1.165) is 6.42 Å². The largest absolute Gasteiger partial charge is 0.359 e. The number of carbonyl (C=O) groups excluding carboxylic acids is 2. The van der Waals surface area contributed by atoms with Gasteiger partial charge in [0.15, 0.2) is 0 Å². The first-order valence-corrected chi connectivity index (χ1v) is 6.41. The number of hydrogen-bond donors (Lipinski definition) is 2. The Labute approximate surface area is 103 Å². The Balaban J connectivity index is 1.76. The van der Waals surface area contributed by atoms with Crippen LogP contribution in [0.1, 0.15) is 46.0 Å². The molecule has 1 spiro atoms. The summed E-state index contributed by atoms with van der Waals surface area (Å²) in [6.07, 6.45) is 4.66. The third kappa shape index (κ3) is 2.79. The second kappa shape index (κ2) is 4.00. The zero-order valence-corrected chi connectivity index (χ0v) is 10.9. The Morgan fingerprint density at radius 1 is 1.35 bits per heavy atom. The molecule has 0 radical (unpaired) electrons. The molecule has 0 aromatic rings. The molecule has 0 heterocycles. The third-order valence-electron chi connectivity index (χ3n) is 4.12. The fourth-order valence-electron chi connectivity index (χ4n) is 2.47. The molecule has 2 rings (SSSR count). The maximum Gasteiger partial charge on any atom is 0.224 e. The standard InChI is InChI=1S/C13H22N2O2/c1-12(2,5-4-10(16)14-3)15-11(17)9-8-13(9)6-7-13/h9H,4-8H2,1-3H3,(H,14,16)(H,15,17)/t9-/m1/s1. The molecule has 0 unspecified atom stereocenters. The maximum atomic E-state index is 12.0. The van der Waals surface area contributed by atoms with E-state index in [2.05, 4.69) is 10.6 Å². The normalized spacial score (nSPS) is 24.3. The van der Waals surface area contributed by atoms with Crippen molar-refractivity contribution in [3.63, 3.8) is 0 Å². The Bertz CT molecular complexity index is 345. The summed E-state index contributed by atoms with van der Waals surface area (Å²) >= 11 is 0. The molecule has 0 bridgehead atoms. The molecule has 17 heavy (non-hydrogen) atoms. The summed E-state index contributed by atoms with van der Waals surface area (Å²) in [5, 5.41) is 5.67. The Morgan fingerprint density at radius 3 is 2.47 bits per heavy atom. The molecule has 2 aliphatic carbocycles. The van der Waals surface area contributed by atoms with E-state index in [0.29, 0.717) is 18.3 Å². The van der Waals surface area contributed by atoms with Crippen LogP contribution in [0.3, 0.4) is 0 Å². The SMILES string of the molecule is CNC(=O)CCC(C)(C)NC(=O)[C@H]1CC12CC2. The lowest BCUT2D eigenvalue weighted by molar-refractivity contribution is -0.125. The van der Waals surface area contributed by atoms with Crippen LogP contribution in [0.4, 0.5) is 0 Å². The van der Waals surface area contributed by atoms with Crippen molar-refractivity contribution in [3.05, 3.63) is 0 Å². The number of rotatable bonds is 5. The van der Waals surface area contributed by atoms with E-state index in [-0.39, 0.29) is 23.3 Å². The summed E-state index contributed by atoms with van der Waals surface area (Å²) in [5.74, 6) is 0.462. The van der Waals surface area contributed by atoms with Crippen LogP contribution in [0.25, 0.3) is 0 Å². The fourth-order valence-corrected chi connectivity index (χ4v) is 2.47. The Kier molecular flexibility index (Phi) is 2.92. The molecule has 2 saturated carbocycles. The molecule has 0 aromatic carbocycles. The van der Waals surface area contributed by atoms with Crippen molar-refractivity contribution in [1.82, 2.24) is 10.6 Å². The van der Waals surface area contributed by atoms with Crippen LogP contribution in [0.2, 0.25) is 0 Å². The second-order valence-corrected chi connectivity index (χ2v) is 6.17. The molecule has 4 heteroatoms. The van der Waals surface area contributed by atoms with Gasteiger partial charge in [-0.1, -0.05) is 0 Å². The van der Waals surface area contributed by atoms with Crippen molar-refractivity contribution < 1.29 is 9.59 Å². The zero-order valence-electron chi connectivity index (χ0n) is 10.9. The van der Waals surface area contributed by atoms with E-state index in [1.807, 2.05) is 13.8 Å². The second-order valence-electron chi connectivity index (χ2n) is 6.17. The van der Waals surface area contributed by atoms with Gasteiger partial charge in [-0.2, -0.15) is 0 Å². The summed E-state index contributed by atoms with van der Waals surface area (Å²) < 4.78 is 0. The summed E-state index contributed by atoms with van der Waals surface area (Å²) in [5.41, 5.74) is 0.114. The lowest BCUT2D eigenvalue weighted by atomic mass is 9.97. The van der Waals surface area contributed by atoms with Gasteiger partial charge >= 0.3 is 0 Å². The van der Waals surface area contributed by atoms with Gasteiger partial charge in [0.05, 0.1) is 0 Å². The quantitative estimate of drug-likeness (QED) is 0.756. The first-order valence-electron chi connectivity index (χ1n) is 6.41. The smallest absolute Gasteiger partial charge is 0.224 e. The lowest BCUT2D eigenvalue weighted by Crippen LogP contribution is -2.45. The van der Waals surface area contributed by atoms with E-state index < -0.39 is 0 Å². The minimum atomic E-state index is -0.289. The van der Waals surface area contributed by atoms with Crippen molar-refractivity contribution in [3.8, 4) is 0 Å². The van der Waals surface area contributed by atoms with Crippen LogP contribution in [0.5, 0.6) is 0 Å². The molecule has 1 atom stereocenters. The highest BCUT2D eigenvalue weighted by molar-refractivity contribution is 5.84. The van der Waals surface area contributed by atoms with Crippen molar-refractivity contribution >= 4 is 11.8 Å². The zero-order chi connectivity index (χ0) is 12.7. The Morgan fingerprint density at radius 2 is 2.00 bits per heavy atom. The van der Waals surface area contributed by atoms with Gasteiger partial charge in [-0.05, 0) is 44.9 Å². The summed E-state index contributed by atoms with van der Waals surface area (Å²) in [6, 6.07) is 0. The van der Waals surface area contributed by atoms with Gasteiger partial charge < -0.3 is 10.6 Å². The minimum Gasteiger partial charge on any atom is -0.359 e. The third-order valence-corrected chi connectivity index (χ3v) is 4.12. The molecule has 2 fully saturated rings.